The maximum absolute atomic E-state index is 11.9. The minimum absolute atomic E-state index is 0.0492. The highest BCUT2D eigenvalue weighted by molar-refractivity contribution is 6.07. The van der Waals surface area contributed by atoms with E-state index in [1.807, 2.05) is 0 Å². The zero-order valence-corrected chi connectivity index (χ0v) is 10.6. The van der Waals surface area contributed by atoms with E-state index in [4.69, 9.17) is 0 Å². The van der Waals surface area contributed by atoms with Crippen LogP contribution in [0.1, 0.15) is 10.4 Å². The van der Waals surface area contributed by atoms with Crippen LogP contribution in [-0.2, 0) is 4.79 Å². The van der Waals surface area contributed by atoms with Gasteiger partial charge >= 0.3 is 6.03 Å². The Labute approximate surface area is 113 Å². The number of urea groups is 1. The number of nitrogens with zero attached hydrogens (tertiary/aromatic N) is 3. The number of hydrogen-bond acceptors (Lipinski definition) is 5. The van der Waals surface area contributed by atoms with Crippen molar-refractivity contribution in [3.05, 3.63) is 39.9 Å². The molecule has 1 fully saturated rings. The third-order valence-electron chi connectivity index (χ3n) is 2.93. The molecule has 1 aliphatic rings. The Bertz CT molecular complexity index is 596. The molecule has 8 nitrogen and oxygen atoms in total. The molecular formula is C12H11N3O5. The molecule has 1 aromatic rings. The van der Waals surface area contributed by atoms with Gasteiger partial charge in [-0.3, -0.25) is 24.6 Å². The summed E-state index contributed by atoms with van der Waals surface area (Å²) in [5, 5.41) is 10.5. The lowest BCUT2D eigenvalue weighted by Gasteiger charge is -2.12. The third kappa shape index (κ3) is 2.48. The largest absolute Gasteiger partial charge is 0.327 e. The average molecular weight is 277 g/mol. The van der Waals surface area contributed by atoms with Gasteiger partial charge in [0, 0.05) is 24.7 Å². The number of likely N-dealkylation sites (N-methyl/N-ethyl adjacent to an activating group) is 1. The molecule has 0 unspecified atom stereocenters. The first-order valence-electron chi connectivity index (χ1n) is 5.73. The standard InChI is InChI=1S/C12H11N3O5/c1-13-7-11(17)14(12(13)18)6-10(16)8-2-4-9(5-3-8)15(19)20/h2-5H,6-7H2,1H3. The molecule has 3 amide bonds. The van der Waals surface area contributed by atoms with Crippen molar-refractivity contribution >= 4 is 23.4 Å². The minimum Gasteiger partial charge on any atom is -0.318 e. The van der Waals surface area contributed by atoms with Gasteiger partial charge in [0.15, 0.2) is 5.78 Å². The van der Waals surface area contributed by atoms with Crippen LogP contribution in [0.3, 0.4) is 0 Å². The summed E-state index contributed by atoms with van der Waals surface area (Å²) in [5.74, 6) is -0.885. The molecule has 20 heavy (non-hydrogen) atoms. The highest BCUT2D eigenvalue weighted by atomic mass is 16.6. The first-order valence-corrected chi connectivity index (χ1v) is 5.73. The van der Waals surface area contributed by atoms with Crippen LogP contribution in [0.4, 0.5) is 10.5 Å². The second-order valence-electron chi connectivity index (χ2n) is 4.35. The lowest BCUT2D eigenvalue weighted by molar-refractivity contribution is -0.384. The summed E-state index contributed by atoms with van der Waals surface area (Å²) in [6, 6.07) is 4.48. The molecule has 0 radical (unpaired) electrons. The number of Topliss-reactive ketones (excluding diaryl/α,β-unsaturated/α-hetero) is 1. The Morgan fingerprint density at radius 2 is 1.90 bits per heavy atom. The molecule has 0 bridgehead atoms. The molecule has 0 atom stereocenters. The maximum Gasteiger partial charge on any atom is 0.327 e. The number of carbonyl (C=O) groups is 3. The van der Waals surface area contributed by atoms with Crippen molar-refractivity contribution in [2.75, 3.05) is 20.1 Å². The van der Waals surface area contributed by atoms with Gasteiger partial charge in [0.2, 0.25) is 0 Å². The van der Waals surface area contributed by atoms with Crippen LogP contribution in [0.25, 0.3) is 0 Å². The summed E-state index contributed by atoms with van der Waals surface area (Å²) in [6.07, 6.45) is 0. The van der Waals surface area contributed by atoms with Crippen molar-refractivity contribution in [2.45, 2.75) is 0 Å². The lowest BCUT2D eigenvalue weighted by Crippen LogP contribution is -2.36. The Morgan fingerprint density at radius 3 is 2.35 bits per heavy atom. The molecular weight excluding hydrogens is 266 g/mol. The first kappa shape index (κ1) is 13.7. The highest BCUT2D eigenvalue weighted by Crippen LogP contribution is 2.14. The van der Waals surface area contributed by atoms with Crippen LogP contribution in [0.15, 0.2) is 24.3 Å². The molecule has 0 aliphatic carbocycles. The zero-order chi connectivity index (χ0) is 14.9. The van der Waals surface area contributed by atoms with E-state index >= 15 is 0 Å². The second kappa shape index (κ2) is 5.08. The number of benzene rings is 1. The van der Waals surface area contributed by atoms with Crippen molar-refractivity contribution in [3.63, 3.8) is 0 Å². The van der Waals surface area contributed by atoms with E-state index in [1.165, 1.54) is 36.2 Å². The van der Waals surface area contributed by atoms with E-state index in [1.54, 1.807) is 0 Å². The summed E-state index contributed by atoms with van der Waals surface area (Å²) < 4.78 is 0. The summed E-state index contributed by atoms with van der Waals surface area (Å²) >= 11 is 0. The van der Waals surface area contributed by atoms with Gasteiger partial charge in [-0.05, 0) is 12.1 Å². The van der Waals surface area contributed by atoms with Crippen LogP contribution < -0.4 is 0 Å². The fourth-order valence-corrected chi connectivity index (χ4v) is 1.83. The third-order valence-corrected chi connectivity index (χ3v) is 2.93. The van der Waals surface area contributed by atoms with E-state index in [-0.39, 0.29) is 24.3 Å². The molecule has 1 aromatic carbocycles. The number of rotatable bonds is 4. The van der Waals surface area contributed by atoms with Crippen molar-refractivity contribution in [3.8, 4) is 0 Å². The molecule has 1 aliphatic heterocycles. The molecule has 0 N–H and O–H groups in total. The van der Waals surface area contributed by atoms with Crippen LogP contribution in [0.2, 0.25) is 0 Å². The van der Waals surface area contributed by atoms with E-state index in [0.29, 0.717) is 0 Å². The number of nitro groups is 1. The second-order valence-corrected chi connectivity index (χ2v) is 4.35. The molecule has 104 valence electrons. The Balaban J connectivity index is 2.10. The molecule has 0 saturated carbocycles. The van der Waals surface area contributed by atoms with Gasteiger partial charge in [0.25, 0.3) is 11.6 Å². The van der Waals surface area contributed by atoms with Crippen LogP contribution in [-0.4, -0.2) is 52.6 Å². The van der Waals surface area contributed by atoms with Crippen molar-refractivity contribution in [1.29, 1.82) is 0 Å². The van der Waals surface area contributed by atoms with Crippen LogP contribution in [0, 0.1) is 10.1 Å². The quantitative estimate of drug-likeness (QED) is 0.348. The molecule has 8 heteroatoms. The van der Waals surface area contributed by atoms with Gasteiger partial charge in [0.1, 0.15) is 6.54 Å². The lowest BCUT2D eigenvalue weighted by atomic mass is 10.1. The van der Waals surface area contributed by atoms with Gasteiger partial charge in [-0.15, -0.1) is 0 Å². The van der Waals surface area contributed by atoms with Crippen molar-refractivity contribution in [1.82, 2.24) is 9.80 Å². The normalized spacial score (nSPS) is 14.8. The van der Waals surface area contributed by atoms with E-state index in [2.05, 4.69) is 0 Å². The number of amides is 3. The smallest absolute Gasteiger partial charge is 0.318 e. The van der Waals surface area contributed by atoms with Crippen LogP contribution >= 0.6 is 0 Å². The number of non-ortho nitro benzene ring substituents is 1. The van der Waals surface area contributed by atoms with Crippen molar-refractivity contribution < 1.29 is 19.3 Å². The highest BCUT2D eigenvalue weighted by Gasteiger charge is 2.34. The number of nitro benzene ring substituents is 1. The average Bonchev–Trinajstić information content (AvgIpc) is 2.65. The summed E-state index contributed by atoms with van der Waals surface area (Å²) in [5.41, 5.74) is 0.0837. The van der Waals surface area contributed by atoms with Gasteiger partial charge < -0.3 is 4.90 Å². The van der Waals surface area contributed by atoms with Gasteiger partial charge in [-0.25, -0.2) is 4.79 Å². The molecule has 0 aromatic heterocycles. The van der Waals surface area contributed by atoms with Crippen LogP contribution in [0.5, 0.6) is 0 Å². The maximum atomic E-state index is 11.9. The SMILES string of the molecule is CN1CC(=O)N(CC(=O)c2ccc([N+](=O)[O-])cc2)C1=O. The first-order chi connectivity index (χ1) is 9.40. The fraction of sp³-hybridized carbons (Fsp3) is 0.250. The molecule has 2 rings (SSSR count). The Hall–Kier alpha value is -2.77. The number of carbonyl (C=O) groups excluding carboxylic acids is 3. The summed E-state index contributed by atoms with van der Waals surface area (Å²) in [7, 11) is 1.47. The summed E-state index contributed by atoms with van der Waals surface area (Å²) in [4.78, 5) is 47.1. The van der Waals surface area contributed by atoms with E-state index in [9.17, 15) is 24.5 Å². The van der Waals surface area contributed by atoms with Crippen molar-refractivity contribution in [2.24, 2.45) is 0 Å². The number of imide groups is 1. The fourth-order valence-electron chi connectivity index (χ4n) is 1.83. The van der Waals surface area contributed by atoms with Gasteiger partial charge in [0.05, 0.1) is 11.5 Å². The molecule has 0 spiro atoms. The Kier molecular flexibility index (Phi) is 3.47. The summed E-state index contributed by atoms with van der Waals surface area (Å²) in [6.45, 7) is -0.411. The Morgan fingerprint density at radius 1 is 1.30 bits per heavy atom. The predicted octanol–water partition coefficient (Wildman–Crippen LogP) is 0.671. The van der Waals surface area contributed by atoms with E-state index < -0.39 is 22.6 Å². The monoisotopic (exact) mass is 277 g/mol. The minimum atomic E-state index is -0.573. The number of ketones is 1. The van der Waals surface area contributed by atoms with Gasteiger partial charge in [-0.1, -0.05) is 0 Å². The predicted molar refractivity (Wildman–Crippen MR) is 67.2 cm³/mol. The molecule has 1 saturated heterocycles. The van der Waals surface area contributed by atoms with Gasteiger partial charge in [-0.2, -0.15) is 0 Å². The topological polar surface area (TPSA) is 101 Å². The zero-order valence-electron chi connectivity index (χ0n) is 10.6. The number of hydrogen-bond donors (Lipinski definition) is 0. The molecule has 1 heterocycles. The van der Waals surface area contributed by atoms with E-state index in [0.717, 1.165) is 4.90 Å².